The Hall–Kier alpha value is -1.26. The van der Waals surface area contributed by atoms with Gasteiger partial charge in [0.2, 0.25) is 0 Å². The van der Waals surface area contributed by atoms with Crippen LogP contribution in [0, 0.1) is 11.8 Å². The Kier molecular flexibility index (Phi) is 5.58. The van der Waals surface area contributed by atoms with Gasteiger partial charge in [0.15, 0.2) is 0 Å². The first-order chi connectivity index (χ1) is 10.8. The number of hydrogen-bond donors (Lipinski definition) is 2. The van der Waals surface area contributed by atoms with E-state index in [-0.39, 0.29) is 11.8 Å². The largest absolute Gasteiger partial charge is 0.479 e. The molecule has 2 fully saturated rings. The zero-order chi connectivity index (χ0) is 17.1. The maximum Gasteiger partial charge on any atom is 0.408 e. The molecule has 2 rings (SSSR count). The van der Waals surface area contributed by atoms with Crippen LogP contribution >= 0.6 is 0 Å². The van der Waals surface area contributed by atoms with Crippen molar-refractivity contribution in [1.29, 1.82) is 0 Å². The predicted octanol–water partition coefficient (Wildman–Crippen LogP) is 4.11. The first-order valence-corrected chi connectivity index (χ1v) is 9.00. The van der Waals surface area contributed by atoms with Crippen molar-refractivity contribution in [3.8, 4) is 0 Å². The molecular weight excluding hydrogens is 294 g/mol. The highest BCUT2D eigenvalue weighted by atomic mass is 16.6. The number of carboxylic acid groups (broad SMARTS) is 1. The molecule has 0 aromatic rings. The molecule has 23 heavy (non-hydrogen) atoms. The second kappa shape index (κ2) is 7.10. The summed E-state index contributed by atoms with van der Waals surface area (Å²) in [5.74, 6) is -0.873. The smallest absolute Gasteiger partial charge is 0.408 e. The van der Waals surface area contributed by atoms with Crippen LogP contribution in [0.3, 0.4) is 0 Å². The fraction of sp³-hybridized carbons (Fsp3) is 0.889. The quantitative estimate of drug-likeness (QED) is 0.815. The van der Waals surface area contributed by atoms with E-state index in [1.54, 1.807) is 20.8 Å². The molecule has 2 N–H and O–H groups in total. The normalized spacial score (nSPS) is 23.3. The fourth-order valence-corrected chi connectivity index (χ4v) is 4.35. The van der Waals surface area contributed by atoms with Crippen LogP contribution in [0.15, 0.2) is 0 Å². The fourth-order valence-electron chi connectivity index (χ4n) is 4.35. The maximum atomic E-state index is 12.4. The summed E-state index contributed by atoms with van der Waals surface area (Å²) in [5.41, 5.74) is -1.80. The average Bonchev–Trinajstić information content (AvgIpc) is 2.98. The lowest BCUT2D eigenvalue weighted by Gasteiger charge is -2.44. The van der Waals surface area contributed by atoms with E-state index in [1.807, 2.05) is 0 Å². The number of nitrogens with one attached hydrogen (secondary N) is 1. The molecule has 0 aliphatic heterocycles. The molecule has 0 saturated heterocycles. The Morgan fingerprint density at radius 1 is 0.913 bits per heavy atom. The molecule has 1 atom stereocenters. The number of aliphatic carboxylic acids is 1. The van der Waals surface area contributed by atoms with Crippen LogP contribution < -0.4 is 5.32 Å². The minimum Gasteiger partial charge on any atom is -0.479 e. The molecule has 2 aliphatic carbocycles. The summed E-state index contributed by atoms with van der Waals surface area (Å²) < 4.78 is 5.38. The number of carboxylic acids is 1. The van der Waals surface area contributed by atoms with E-state index in [0.717, 1.165) is 57.8 Å². The molecule has 0 unspecified atom stereocenters. The minimum absolute atomic E-state index is 0.00404. The SMILES string of the molecule is CC(C)(C)OC(=O)N[C@](C(=O)O)(C1CCCCC1)C1CCCC1. The lowest BCUT2D eigenvalue weighted by atomic mass is 9.67. The molecule has 0 aromatic carbocycles. The summed E-state index contributed by atoms with van der Waals surface area (Å²) >= 11 is 0. The second-order valence-electron chi connectivity index (χ2n) is 8.12. The van der Waals surface area contributed by atoms with Gasteiger partial charge in [0.05, 0.1) is 0 Å². The van der Waals surface area contributed by atoms with Crippen molar-refractivity contribution in [2.45, 2.75) is 89.7 Å². The molecule has 1 amide bonds. The average molecular weight is 325 g/mol. The highest BCUT2D eigenvalue weighted by Crippen LogP contribution is 2.44. The number of carbonyl (C=O) groups excluding carboxylic acids is 1. The third kappa shape index (κ3) is 4.18. The van der Waals surface area contributed by atoms with Crippen molar-refractivity contribution in [2.24, 2.45) is 11.8 Å². The first-order valence-electron chi connectivity index (χ1n) is 9.00. The van der Waals surface area contributed by atoms with Crippen molar-refractivity contribution in [3.05, 3.63) is 0 Å². The Labute approximate surface area is 139 Å². The highest BCUT2D eigenvalue weighted by molar-refractivity contribution is 5.85. The van der Waals surface area contributed by atoms with Gasteiger partial charge in [-0.2, -0.15) is 0 Å². The number of carbonyl (C=O) groups is 2. The van der Waals surface area contributed by atoms with Crippen LogP contribution in [0.1, 0.15) is 78.6 Å². The second-order valence-corrected chi connectivity index (χ2v) is 8.12. The number of ether oxygens (including phenoxy) is 1. The van der Waals surface area contributed by atoms with Gasteiger partial charge in [-0.25, -0.2) is 9.59 Å². The van der Waals surface area contributed by atoms with Gasteiger partial charge in [-0.15, -0.1) is 0 Å². The van der Waals surface area contributed by atoms with Crippen LogP contribution in [0.4, 0.5) is 4.79 Å². The van der Waals surface area contributed by atoms with Gasteiger partial charge in [0.1, 0.15) is 11.1 Å². The van der Waals surface area contributed by atoms with Gasteiger partial charge in [-0.1, -0.05) is 32.1 Å². The van der Waals surface area contributed by atoms with Gasteiger partial charge in [0, 0.05) is 0 Å². The van der Waals surface area contributed by atoms with Crippen LogP contribution in [-0.2, 0) is 9.53 Å². The molecule has 0 heterocycles. The van der Waals surface area contributed by atoms with Gasteiger partial charge >= 0.3 is 12.1 Å². The number of amides is 1. The Balaban J connectivity index is 2.27. The van der Waals surface area contributed by atoms with E-state index in [9.17, 15) is 14.7 Å². The van der Waals surface area contributed by atoms with Crippen LogP contribution in [0.2, 0.25) is 0 Å². The third-order valence-corrected chi connectivity index (χ3v) is 5.31. The van der Waals surface area contributed by atoms with E-state index in [0.29, 0.717) is 0 Å². The van der Waals surface area contributed by atoms with E-state index < -0.39 is 23.2 Å². The molecular formula is C18H31NO4. The van der Waals surface area contributed by atoms with E-state index in [1.165, 1.54) is 0 Å². The number of rotatable bonds is 4. The van der Waals surface area contributed by atoms with Crippen molar-refractivity contribution < 1.29 is 19.4 Å². The zero-order valence-corrected chi connectivity index (χ0v) is 14.7. The molecule has 5 nitrogen and oxygen atoms in total. The molecule has 0 bridgehead atoms. The van der Waals surface area contributed by atoms with Gasteiger partial charge in [-0.3, -0.25) is 0 Å². The molecule has 2 saturated carbocycles. The molecule has 132 valence electrons. The monoisotopic (exact) mass is 325 g/mol. The maximum absolute atomic E-state index is 12.4. The van der Waals surface area contributed by atoms with E-state index in [4.69, 9.17) is 4.74 Å². The molecule has 2 aliphatic rings. The Morgan fingerprint density at radius 3 is 1.74 bits per heavy atom. The first kappa shape index (κ1) is 18.1. The molecule has 5 heteroatoms. The number of hydrogen-bond acceptors (Lipinski definition) is 3. The predicted molar refractivity (Wildman–Crippen MR) is 88.3 cm³/mol. The zero-order valence-electron chi connectivity index (χ0n) is 14.7. The molecule has 0 spiro atoms. The molecule has 0 radical (unpaired) electrons. The lowest BCUT2D eigenvalue weighted by molar-refractivity contribution is -0.151. The van der Waals surface area contributed by atoms with Crippen molar-refractivity contribution in [1.82, 2.24) is 5.32 Å². The molecule has 0 aromatic heterocycles. The minimum atomic E-state index is -1.17. The standard InChI is InChI=1S/C18H31NO4/c1-17(2,3)23-16(22)19-18(15(20)21,14-11-7-8-12-14)13-9-5-4-6-10-13/h13-14H,4-12H2,1-3H3,(H,19,22)(H,20,21)/t18-/m1/s1. The van der Waals surface area contributed by atoms with Crippen molar-refractivity contribution >= 4 is 12.1 Å². The number of alkyl carbamates (subject to hydrolysis) is 1. The summed E-state index contributed by atoms with van der Waals surface area (Å²) in [4.78, 5) is 24.7. The summed E-state index contributed by atoms with van der Waals surface area (Å²) in [6, 6.07) is 0. The van der Waals surface area contributed by atoms with Gasteiger partial charge in [0.25, 0.3) is 0 Å². The summed E-state index contributed by atoms with van der Waals surface area (Å²) in [5, 5.41) is 13.0. The third-order valence-electron chi connectivity index (χ3n) is 5.31. The van der Waals surface area contributed by atoms with Crippen LogP contribution in [0.25, 0.3) is 0 Å². The van der Waals surface area contributed by atoms with Crippen LogP contribution in [-0.4, -0.2) is 28.3 Å². The highest BCUT2D eigenvalue weighted by Gasteiger charge is 2.53. The summed E-state index contributed by atoms with van der Waals surface area (Å²) in [6.45, 7) is 5.39. The summed E-state index contributed by atoms with van der Waals surface area (Å²) in [7, 11) is 0. The van der Waals surface area contributed by atoms with Crippen molar-refractivity contribution in [3.63, 3.8) is 0 Å². The van der Waals surface area contributed by atoms with Gasteiger partial charge < -0.3 is 15.2 Å². The lowest BCUT2D eigenvalue weighted by Crippen LogP contribution is -2.64. The Morgan fingerprint density at radius 2 is 1.35 bits per heavy atom. The van der Waals surface area contributed by atoms with Gasteiger partial charge in [-0.05, 0) is 58.3 Å². The van der Waals surface area contributed by atoms with E-state index >= 15 is 0 Å². The summed E-state index contributed by atoms with van der Waals surface area (Å²) in [6.07, 6.45) is 8.23. The Bertz CT molecular complexity index is 431. The topological polar surface area (TPSA) is 75.6 Å². The van der Waals surface area contributed by atoms with Crippen LogP contribution in [0.5, 0.6) is 0 Å². The van der Waals surface area contributed by atoms with Crippen molar-refractivity contribution in [2.75, 3.05) is 0 Å². The van der Waals surface area contributed by atoms with E-state index in [2.05, 4.69) is 5.32 Å².